The van der Waals surface area contributed by atoms with Gasteiger partial charge >= 0.3 is 0 Å². The van der Waals surface area contributed by atoms with Crippen LogP contribution in [0, 0.1) is 18.3 Å². The number of hydrogen-bond acceptors (Lipinski definition) is 5. The van der Waals surface area contributed by atoms with E-state index in [9.17, 15) is 18.5 Å². The van der Waals surface area contributed by atoms with Gasteiger partial charge in [0.15, 0.2) is 6.17 Å². The van der Waals surface area contributed by atoms with Crippen LogP contribution in [0.15, 0.2) is 41.3 Å². The molecule has 1 aliphatic rings. The smallest absolute Gasteiger partial charge is 0.262 e. The number of carbonyl (C=O) groups excluding carboxylic acids is 1. The maximum atomic E-state index is 13.1. The maximum Gasteiger partial charge on any atom is 0.262 e. The highest BCUT2D eigenvalue weighted by molar-refractivity contribution is 7.89. The van der Waals surface area contributed by atoms with Gasteiger partial charge in [0, 0.05) is 0 Å². The molecule has 2 aromatic carbocycles. The van der Waals surface area contributed by atoms with Crippen LogP contribution in [0.25, 0.3) is 0 Å². The predicted molar refractivity (Wildman–Crippen MR) is 133 cm³/mol. The fourth-order valence-electron chi connectivity index (χ4n) is 2.80. The molecule has 7 nitrogen and oxygen atoms in total. The molecule has 2 aromatic rings. The van der Waals surface area contributed by atoms with Crippen LogP contribution in [-0.2, 0) is 10.0 Å². The van der Waals surface area contributed by atoms with Crippen molar-refractivity contribution >= 4 is 38.9 Å². The molecule has 1 aliphatic heterocycles. The second kappa shape index (κ2) is 13.7. The van der Waals surface area contributed by atoms with Crippen LogP contribution >= 0.6 is 11.6 Å². The molecule has 32 heavy (non-hydrogen) atoms. The van der Waals surface area contributed by atoms with Gasteiger partial charge in [0.1, 0.15) is 11.0 Å². The average Bonchev–Trinajstić information content (AvgIpc) is 2.83. The van der Waals surface area contributed by atoms with Crippen molar-refractivity contribution < 1.29 is 13.2 Å². The molecule has 1 heterocycles. The fraction of sp³-hybridized carbons (Fsp3) is 0.391. The number of carbonyl (C=O) groups is 1. The van der Waals surface area contributed by atoms with Gasteiger partial charge in [-0.25, -0.2) is 13.1 Å². The van der Waals surface area contributed by atoms with Crippen LogP contribution in [0.2, 0.25) is 5.02 Å². The van der Waals surface area contributed by atoms with Crippen LogP contribution in [-0.4, -0.2) is 27.5 Å². The number of aryl methyl sites for hydroxylation is 1. The quantitative estimate of drug-likeness (QED) is 0.598. The molecule has 0 spiro atoms. The number of amides is 1. The molecule has 0 aromatic heterocycles. The zero-order valence-electron chi connectivity index (χ0n) is 19.9. The van der Waals surface area contributed by atoms with Crippen LogP contribution in [0.5, 0.6) is 0 Å². The lowest BCUT2D eigenvalue weighted by molar-refractivity contribution is 0.0980. The van der Waals surface area contributed by atoms with E-state index in [4.69, 9.17) is 11.6 Å². The second-order valence-electron chi connectivity index (χ2n) is 5.67. The monoisotopic (exact) mass is 480 g/mol. The van der Waals surface area contributed by atoms with E-state index in [1.54, 1.807) is 12.1 Å². The molecule has 9 heteroatoms. The average molecular weight is 481 g/mol. The number of sulfonamides is 1. The Morgan fingerprint density at radius 1 is 1.09 bits per heavy atom. The normalized spacial score (nSPS) is 14.1. The third-order valence-electron chi connectivity index (χ3n) is 4.13. The van der Waals surface area contributed by atoms with Gasteiger partial charge in [0.2, 0.25) is 10.0 Å². The highest BCUT2D eigenvalue weighted by atomic mass is 35.5. The van der Waals surface area contributed by atoms with E-state index in [0.717, 1.165) is 5.56 Å². The number of benzene rings is 2. The highest BCUT2D eigenvalue weighted by Gasteiger charge is 2.35. The summed E-state index contributed by atoms with van der Waals surface area (Å²) in [7, 11) is -2.58. The van der Waals surface area contributed by atoms with E-state index in [2.05, 4.69) is 10.0 Å². The van der Waals surface area contributed by atoms with Crippen molar-refractivity contribution in [2.45, 2.75) is 59.5 Å². The first kappa shape index (κ1) is 29.4. The Balaban J connectivity index is 0.00000148. The SMILES string of the molecule is CC.CC.CC.CNS(=O)(=O)c1cc2c(cc1Cl)NC(C#N)N(c1ccccc1C)C2=O. The zero-order chi connectivity index (χ0) is 25.1. The van der Waals surface area contributed by atoms with Gasteiger partial charge in [-0.3, -0.25) is 9.69 Å². The van der Waals surface area contributed by atoms with Crippen molar-refractivity contribution in [2.24, 2.45) is 0 Å². The Morgan fingerprint density at radius 2 is 1.66 bits per heavy atom. The number of nitriles is 1. The molecule has 0 fully saturated rings. The van der Waals surface area contributed by atoms with Gasteiger partial charge in [0.25, 0.3) is 5.91 Å². The van der Waals surface area contributed by atoms with Crippen molar-refractivity contribution in [2.75, 3.05) is 17.3 Å². The molecule has 2 N–H and O–H groups in total. The van der Waals surface area contributed by atoms with Crippen LogP contribution < -0.4 is 14.9 Å². The molecule has 1 atom stereocenters. The minimum atomic E-state index is -3.84. The lowest BCUT2D eigenvalue weighted by Gasteiger charge is -2.35. The Hall–Kier alpha value is -2.60. The van der Waals surface area contributed by atoms with Crippen molar-refractivity contribution in [3.05, 3.63) is 52.5 Å². The molecular weight excluding hydrogens is 448 g/mol. The topological polar surface area (TPSA) is 102 Å². The third-order valence-corrected chi connectivity index (χ3v) is 6.01. The summed E-state index contributed by atoms with van der Waals surface area (Å²) in [5.74, 6) is -0.483. The van der Waals surface area contributed by atoms with Crippen LogP contribution in [0.1, 0.15) is 57.5 Å². The minimum absolute atomic E-state index is 0.0422. The standard InChI is InChI=1S/C17H15ClN4O3S.3C2H6/c1-10-5-3-4-6-14(10)22-16(9-19)21-13-8-12(18)15(26(24,25)20-2)7-11(13)17(22)23;3*1-2/h3-8,16,20-21H,1-2H3;3*1-2H3. The predicted octanol–water partition coefficient (Wildman–Crippen LogP) is 5.56. The summed E-state index contributed by atoms with van der Waals surface area (Å²) in [6.07, 6.45) is -0.945. The van der Waals surface area contributed by atoms with Gasteiger partial charge in [-0.05, 0) is 37.7 Å². The highest BCUT2D eigenvalue weighted by Crippen LogP contribution is 2.35. The second-order valence-corrected chi connectivity index (χ2v) is 7.94. The van der Waals surface area contributed by atoms with Crippen molar-refractivity contribution in [3.8, 4) is 6.07 Å². The molecule has 176 valence electrons. The number of nitrogens with one attached hydrogen (secondary N) is 2. The molecule has 0 saturated heterocycles. The van der Waals surface area contributed by atoms with E-state index in [1.165, 1.54) is 24.1 Å². The lowest BCUT2D eigenvalue weighted by Crippen LogP contribution is -2.48. The van der Waals surface area contributed by atoms with E-state index in [-0.39, 0.29) is 15.5 Å². The molecular formula is C23H33ClN4O3S. The molecule has 1 unspecified atom stereocenters. The summed E-state index contributed by atoms with van der Waals surface area (Å²) in [5, 5.41) is 12.4. The number of nitrogens with zero attached hydrogens (tertiary/aromatic N) is 2. The summed E-state index contributed by atoms with van der Waals surface area (Å²) in [4.78, 5) is 14.2. The van der Waals surface area contributed by atoms with E-state index in [1.807, 2.05) is 66.7 Å². The minimum Gasteiger partial charge on any atom is -0.352 e. The number of halogens is 1. The largest absolute Gasteiger partial charge is 0.352 e. The Bertz CT molecular complexity index is 1050. The number of para-hydroxylation sites is 1. The fourth-order valence-corrected chi connectivity index (χ4v) is 4.07. The molecule has 0 saturated carbocycles. The molecule has 0 aliphatic carbocycles. The van der Waals surface area contributed by atoms with Crippen molar-refractivity contribution in [1.82, 2.24) is 4.72 Å². The van der Waals surface area contributed by atoms with Crippen LogP contribution in [0.4, 0.5) is 11.4 Å². The van der Waals surface area contributed by atoms with Gasteiger partial charge in [-0.1, -0.05) is 71.3 Å². The third kappa shape index (κ3) is 6.22. The molecule has 1 amide bonds. The van der Waals surface area contributed by atoms with Crippen molar-refractivity contribution in [3.63, 3.8) is 0 Å². The Labute approximate surface area is 197 Å². The molecule has 0 bridgehead atoms. The number of rotatable bonds is 3. The van der Waals surface area contributed by atoms with Gasteiger partial charge in [-0.15, -0.1) is 0 Å². The van der Waals surface area contributed by atoms with Gasteiger partial charge < -0.3 is 5.32 Å². The van der Waals surface area contributed by atoms with Crippen molar-refractivity contribution in [1.29, 1.82) is 5.26 Å². The van der Waals surface area contributed by atoms with Gasteiger partial charge in [-0.2, -0.15) is 5.26 Å². The first-order valence-corrected chi connectivity index (χ1v) is 12.5. The zero-order valence-corrected chi connectivity index (χ0v) is 21.5. The first-order valence-electron chi connectivity index (χ1n) is 10.6. The van der Waals surface area contributed by atoms with E-state index < -0.39 is 22.1 Å². The molecule has 0 radical (unpaired) electrons. The lowest BCUT2D eigenvalue weighted by atomic mass is 10.1. The summed E-state index contributed by atoms with van der Waals surface area (Å²) in [6, 6.07) is 11.8. The first-order chi connectivity index (χ1) is 15.3. The van der Waals surface area contributed by atoms with Crippen LogP contribution in [0.3, 0.4) is 0 Å². The number of hydrogen-bond donors (Lipinski definition) is 2. The number of fused-ring (bicyclic) bond motifs is 1. The maximum absolute atomic E-state index is 13.1. The summed E-state index contributed by atoms with van der Waals surface area (Å²) in [6.45, 7) is 13.8. The Kier molecular flexibility index (Phi) is 12.6. The van der Waals surface area contributed by atoms with E-state index in [0.29, 0.717) is 11.4 Å². The van der Waals surface area contributed by atoms with E-state index >= 15 is 0 Å². The summed E-state index contributed by atoms with van der Waals surface area (Å²) < 4.78 is 26.5. The summed E-state index contributed by atoms with van der Waals surface area (Å²) in [5.41, 5.74) is 1.81. The number of anilines is 2. The molecule has 3 rings (SSSR count). The Morgan fingerprint density at radius 3 is 2.16 bits per heavy atom. The summed E-state index contributed by atoms with van der Waals surface area (Å²) >= 11 is 6.07. The van der Waals surface area contributed by atoms with Gasteiger partial charge in [0.05, 0.1) is 22.0 Å².